The molecule has 0 spiro atoms. The zero-order chi connectivity index (χ0) is 7.56. The van der Waals surface area contributed by atoms with E-state index in [2.05, 4.69) is 19.2 Å². The van der Waals surface area contributed by atoms with E-state index >= 15 is 0 Å². The van der Waals surface area contributed by atoms with Crippen molar-refractivity contribution in [2.75, 3.05) is 6.61 Å². The van der Waals surface area contributed by atoms with E-state index in [9.17, 15) is 0 Å². The Morgan fingerprint density at radius 1 is 1.40 bits per heavy atom. The molecule has 0 amide bonds. The molecule has 1 rings (SSSR count). The van der Waals surface area contributed by atoms with Crippen molar-refractivity contribution in [2.45, 2.75) is 38.8 Å². The first kappa shape index (κ1) is 8.02. The molecule has 1 aliphatic heterocycles. The summed E-state index contributed by atoms with van der Waals surface area (Å²) in [6, 6.07) is 0.928. The van der Waals surface area contributed by atoms with Crippen molar-refractivity contribution >= 4 is 0 Å². The van der Waals surface area contributed by atoms with E-state index in [1.54, 1.807) is 0 Å². The lowest BCUT2D eigenvalue weighted by molar-refractivity contribution is 0.175. The number of piperidine rings is 1. The van der Waals surface area contributed by atoms with Gasteiger partial charge in [0.05, 0.1) is 6.61 Å². The van der Waals surface area contributed by atoms with Crippen molar-refractivity contribution in [1.29, 1.82) is 0 Å². The summed E-state index contributed by atoms with van der Waals surface area (Å²) in [4.78, 5) is 0. The standard InChI is InChI=1S/C8H17NO/c1-6-3-4-8(5-10)9-7(6)2/h6-10H,3-5H2,1-2H3/t6-,7-,8-/m1/s1. The molecule has 0 aliphatic carbocycles. The van der Waals surface area contributed by atoms with Crippen LogP contribution in [0.4, 0.5) is 0 Å². The minimum Gasteiger partial charge on any atom is -0.395 e. The molecule has 0 saturated carbocycles. The van der Waals surface area contributed by atoms with E-state index in [0.29, 0.717) is 12.1 Å². The number of hydrogen-bond acceptors (Lipinski definition) is 2. The van der Waals surface area contributed by atoms with Crippen molar-refractivity contribution in [3.05, 3.63) is 0 Å². The highest BCUT2D eigenvalue weighted by atomic mass is 16.3. The second kappa shape index (κ2) is 3.35. The van der Waals surface area contributed by atoms with Crippen LogP contribution in [-0.2, 0) is 0 Å². The molecular formula is C8H17NO. The van der Waals surface area contributed by atoms with Crippen LogP contribution in [0.25, 0.3) is 0 Å². The van der Waals surface area contributed by atoms with E-state index in [-0.39, 0.29) is 6.61 Å². The third kappa shape index (κ3) is 1.70. The van der Waals surface area contributed by atoms with E-state index in [1.165, 1.54) is 6.42 Å². The summed E-state index contributed by atoms with van der Waals surface area (Å²) < 4.78 is 0. The molecule has 0 radical (unpaired) electrons. The minimum atomic E-state index is 0.289. The Kier molecular flexibility index (Phi) is 2.69. The summed E-state index contributed by atoms with van der Waals surface area (Å²) in [6.45, 7) is 4.73. The molecule has 3 atom stereocenters. The van der Waals surface area contributed by atoms with Crippen molar-refractivity contribution in [2.24, 2.45) is 5.92 Å². The molecule has 10 heavy (non-hydrogen) atoms. The van der Waals surface area contributed by atoms with Crippen molar-refractivity contribution in [1.82, 2.24) is 5.32 Å². The Morgan fingerprint density at radius 3 is 2.60 bits per heavy atom. The molecule has 2 N–H and O–H groups in total. The van der Waals surface area contributed by atoms with Crippen molar-refractivity contribution in [3.63, 3.8) is 0 Å². The topological polar surface area (TPSA) is 32.3 Å². The molecule has 1 saturated heterocycles. The molecule has 1 aliphatic rings. The quantitative estimate of drug-likeness (QED) is 0.568. The van der Waals surface area contributed by atoms with Gasteiger partial charge in [0, 0.05) is 12.1 Å². The predicted octanol–water partition coefficient (Wildman–Crippen LogP) is 0.755. The zero-order valence-corrected chi connectivity index (χ0v) is 6.80. The van der Waals surface area contributed by atoms with Crippen molar-refractivity contribution < 1.29 is 5.11 Å². The molecular weight excluding hydrogens is 126 g/mol. The van der Waals surface area contributed by atoms with Gasteiger partial charge in [-0.25, -0.2) is 0 Å². The first-order chi connectivity index (χ1) is 4.74. The molecule has 0 aromatic heterocycles. The van der Waals surface area contributed by atoms with Gasteiger partial charge in [-0.2, -0.15) is 0 Å². The lowest BCUT2D eigenvalue weighted by Crippen LogP contribution is -2.46. The first-order valence-electron chi connectivity index (χ1n) is 4.11. The number of aliphatic hydroxyl groups excluding tert-OH is 1. The Balaban J connectivity index is 2.33. The third-order valence-electron chi connectivity index (χ3n) is 2.54. The summed E-state index contributed by atoms with van der Waals surface area (Å²) in [6.07, 6.45) is 2.38. The van der Waals surface area contributed by atoms with Gasteiger partial charge in [0.15, 0.2) is 0 Å². The smallest absolute Gasteiger partial charge is 0.0584 e. The van der Waals surface area contributed by atoms with Gasteiger partial charge < -0.3 is 10.4 Å². The summed E-state index contributed by atoms with van der Waals surface area (Å²) in [5, 5.41) is 12.2. The molecule has 2 nitrogen and oxygen atoms in total. The van der Waals surface area contributed by atoms with Crippen LogP contribution in [0, 0.1) is 5.92 Å². The van der Waals surface area contributed by atoms with Gasteiger partial charge >= 0.3 is 0 Å². The largest absolute Gasteiger partial charge is 0.395 e. The Morgan fingerprint density at radius 2 is 2.10 bits per heavy atom. The summed E-state index contributed by atoms with van der Waals surface area (Å²) in [7, 11) is 0. The fourth-order valence-electron chi connectivity index (χ4n) is 1.48. The summed E-state index contributed by atoms with van der Waals surface area (Å²) in [5.74, 6) is 0.766. The highest BCUT2D eigenvalue weighted by Gasteiger charge is 2.22. The third-order valence-corrected chi connectivity index (χ3v) is 2.54. The molecule has 2 heteroatoms. The van der Waals surface area contributed by atoms with Crippen LogP contribution < -0.4 is 5.32 Å². The predicted molar refractivity (Wildman–Crippen MR) is 41.9 cm³/mol. The highest BCUT2D eigenvalue weighted by molar-refractivity contribution is 4.81. The summed E-state index contributed by atoms with van der Waals surface area (Å²) >= 11 is 0. The molecule has 1 fully saturated rings. The second-order valence-electron chi connectivity index (χ2n) is 3.39. The average molecular weight is 143 g/mol. The number of aliphatic hydroxyl groups is 1. The molecule has 60 valence electrons. The van der Waals surface area contributed by atoms with Gasteiger partial charge in [-0.3, -0.25) is 0 Å². The highest BCUT2D eigenvalue weighted by Crippen LogP contribution is 2.18. The van der Waals surface area contributed by atoms with Crippen LogP contribution in [0.15, 0.2) is 0 Å². The monoisotopic (exact) mass is 143 g/mol. The van der Waals surface area contributed by atoms with Gasteiger partial charge in [-0.1, -0.05) is 6.92 Å². The van der Waals surface area contributed by atoms with Crippen LogP contribution >= 0.6 is 0 Å². The molecule has 0 aromatic carbocycles. The van der Waals surface area contributed by atoms with Crippen LogP contribution in [0.5, 0.6) is 0 Å². The lowest BCUT2D eigenvalue weighted by Gasteiger charge is -2.32. The van der Waals surface area contributed by atoms with Gasteiger partial charge in [-0.15, -0.1) is 0 Å². The Bertz CT molecular complexity index is 105. The fourth-order valence-corrected chi connectivity index (χ4v) is 1.48. The van der Waals surface area contributed by atoms with Crippen molar-refractivity contribution in [3.8, 4) is 0 Å². The minimum absolute atomic E-state index is 0.289. The Labute approximate surface area is 62.6 Å². The van der Waals surface area contributed by atoms with Crippen LogP contribution in [0.2, 0.25) is 0 Å². The molecule has 0 unspecified atom stereocenters. The summed E-state index contributed by atoms with van der Waals surface area (Å²) in [5.41, 5.74) is 0. The van der Waals surface area contributed by atoms with E-state index in [0.717, 1.165) is 12.3 Å². The van der Waals surface area contributed by atoms with E-state index in [1.807, 2.05) is 0 Å². The first-order valence-corrected chi connectivity index (χ1v) is 4.11. The second-order valence-corrected chi connectivity index (χ2v) is 3.39. The maximum atomic E-state index is 8.83. The van der Waals surface area contributed by atoms with Gasteiger partial charge in [-0.05, 0) is 25.7 Å². The Hall–Kier alpha value is -0.0800. The van der Waals surface area contributed by atoms with Crippen LogP contribution in [0.1, 0.15) is 26.7 Å². The zero-order valence-electron chi connectivity index (χ0n) is 6.80. The maximum absolute atomic E-state index is 8.83. The average Bonchev–Trinajstić information content (AvgIpc) is 1.95. The number of rotatable bonds is 1. The fraction of sp³-hybridized carbons (Fsp3) is 1.00. The van der Waals surface area contributed by atoms with Crippen LogP contribution in [0.3, 0.4) is 0 Å². The lowest BCUT2D eigenvalue weighted by atomic mass is 9.90. The molecule has 1 heterocycles. The van der Waals surface area contributed by atoms with E-state index in [4.69, 9.17) is 5.11 Å². The van der Waals surface area contributed by atoms with Crippen LogP contribution in [-0.4, -0.2) is 23.8 Å². The normalized spacial score (nSPS) is 41.7. The van der Waals surface area contributed by atoms with Gasteiger partial charge in [0.1, 0.15) is 0 Å². The van der Waals surface area contributed by atoms with Gasteiger partial charge in [0.2, 0.25) is 0 Å². The van der Waals surface area contributed by atoms with E-state index < -0.39 is 0 Å². The maximum Gasteiger partial charge on any atom is 0.0584 e. The SMILES string of the molecule is C[C@@H]1CC[C@H](CO)N[C@@H]1C. The van der Waals surface area contributed by atoms with Gasteiger partial charge in [0.25, 0.3) is 0 Å². The molecule has 0 aromatic rings. The molecule has 0 bridgehead atoms. The number of hydrogen-bond donors (Lipinski definition) is 2. The number of nitrogens with one attached hydrogen (secondary N) is 1.